The lowest BCUT2D eigenvalue weighted by atomic mass is 10.1. The SMILES string of the molecule is Cc1oc(-c2ccccc2)nc1CC(=O)NCC(=O)NC(C)(C)C. The summed E-state index contributed by atoms with van der Waals surface area (Å²) in [6.07, 6.45) is 0.0744. The highest BCUT2D eigenvalue weighted by molar-refractivity contribution is 5.85. The topological polar surface area (TPSA) is 84.2 Å². The summed E-state index contributed by atoms with van der Waals surface area (Å²) in [5, 5.41) is 5.38. The number of carbonyl (C=O) groups is 2. The van der Waals surface area contributed by atoms with Crippen molar-refractivity contribution in [1.29, 1.82) is 0 Å². The second-order valence-electron chi connectivity index (χ2n) is 6.64. The quantitative estimate of drug-likeness (QED) is 0.881. The van der Waals surface area contributed by atoms with Crippen molar-refractivity contribution in [3.05, 3.63) is 41.8 Å². The molecule has 0 unspecified atom stereocenters. The van der Waals surface area contributed by atoms with Gasteiger partial charge >= 0.3 is 0 Å². The Morgan fingerprint density at radius 2 is 1.79 bits per heavy atom. The molecular weight excluding hydrogens is 306 g/mol. The first-order valence-electron chi connectivity index (χ1n) is 7.84. The maximum Gasteiger partial charge on any atom is 0.239 e. The predicted molar refractivity (Wildman–Crippen MR) is 91.3 cm³/mol. The van der Waals surface area contributed by atoms with Gasteiger partial charge in [-0.15, -0.1) is 0 Å². The molecule has 128 valence electrons. The molecule has 0 radical (unpaired) electrons. The Hall–Kier alpha value is -2.63. The van der Waals surface area contributed by atoms with E-state index < -0.39 is 0 Å². The van der Waals surface area contributed by atoms with Crippen molar-refractivity contribution in [2.24, 2.45) is 0 Å². The average molecular weight is 329 g/mol. The van der Waals surface area contributed by atoms with Crippen LogP contribution in [0.3, 0.4) is 0 Å². The van der Waals surface area contributed by atoms with E-state index in [0.29, 0.717) is 17.3 Å². The standard InChI is InChI=1S/C18H23N3O3/c1-12-14(20-17(24-12)13-8-6-5-7-9-13)10-15(22)19-11-16(23)21-18(2,3)4/h5-9H,10-11H2,1-4H3,(H,19,22)(H,21,23). The van der Waals surface area contributed by atoms with Crippen LogP contribution in [0.4, 0.5) is 0 Å². The Morgan fingerprint density at radius 1 is 1.12 bits per heavy atom. The molecule has 0 saturated carbocycles. The van der Waals surface area contributed by atoms with Gasteiger partial charge in [0.1, 0.15) is 5.76 Å². The fourth-order valence-corrected chi connectivity index (χ4v) is 2.15. The minimum Gasteiger partial charge on any atom is -0.441 e. The molecule has 0 fully saturated rings. The summed E-state index contributed by atoms with van der Waals surface area (Å²) >= 11 is 0. The van der Waals surface area contributed by atoms with Gasteiger partial charge in [-0.3, -0.25) is 9.59 Å². The first kappa shape index (κ1) is 17.7. The van der Waals surface area contributed by atoms with Crippen molar-refractivity contribution in [3.63, 3.8) is 0 Å². The minimum atomic E-state index is -0.324. The van der Waals surface area contributed by atoms with Crippen LogP contribution < -0.4 is 10.6 Å². The summed E-state index contributed by atoms with van der Waals surface area (Å²) < 4.78 is 5.62. The van der Waals surface area contributed by atoms with Crippen LogP contribution >= 0.6 is 0 Å². The van der Waals surface area contributed by atoms with Crippen LogP contribution in [0, 0.1) is 6.92 Å². The fraction of sp³-hybridized carbons (Fsp3) is 0.389. The number of aryl methyl sites for hydroxylation is 1. The number of hydrogen-bond acceptors (Lipinski definition) is 4. The van der Waals surface area contributed by atoms with E-state index >= 15 is 0 Å². The molecule has 1 aromatic heterocycles. The molecule has 1 heterocycles. The zero-order valence-electron chi connectivity index (χ0n) is 14.5. The van der Waals surface area contributed by atoms with E-state index in [2.05, 4.69) is 15.6 Å². The molecule has 0 saturated heterocycles. The molecule has 0 aliphatic heterocycles. The molecule has 2 aromatic rings. The van der Waals surface area contributed by atoms with Crippen LogP contribution in [0.25, 0.3) is 11.5 Å². The molecule has 2 N–H and O–H groups in total. The van der Waals surface area contributed by atoms with Crippen LogP contribution in [0.5, 0.6) is 0 Å². The molecule has 0 bridgehead atoms. The van der Waals surface area contributed by atoms with Crippen LogP contribution in [0.15, 0.2) is 34.7 Å². The number of hydrogen-bond donors (Lipinski definition) is 2. The number of oxazole rings is 1. The van der Waals surface area contributed by atoms with Crippen molar-refractivity contribution in [1.82, 2.24) is 15.6 Å². The van der Waals surface area contributed by atoms with Gasteiger partial charge < -0.3 is 15.1 Å². The Labute approximate surface area is 141 Å². The lowest BCUT2D eigenvalue weighted by molar-refractivity contribution is -0.126. The van der Waals surface area contributed by atoms with E-state index in [-0.39, 0.29) is 30.3 Å². The minimum absolute atomic E-state index is 0.0570. The van der Waals surface area contributed by atoms with Crippen LogP contribution in [0.1, 0.15) is 32.2 Å². The lowest BCUT2D eigenvalue weighted by Gasteiger charge is -2.20. The second kappa shape index (κ2) is 7.29. The third kappa shape index (κ3) is 5.22. The van der Waals surface area contributed by atoms with Gasteiger partial charge in [0.25, 0.3) is 0 Å². The van der Waals surface area contributed by atoms with Crippen LogP contribution in [-0.4, -0.2) is 28.9 Å². The largest absolute Gasteiger partial charge is 0.441 e. The fourth-order valence-electron chi connectivity index (χ4n) is 2.15. The molecule has 1 aromatic carbocycles. The predicted octanol–water partition coefficient (Wildman–Crippen LogP) is 2.22. The Bertz CT molecular complexity index is 715. The molecule has 0 aliphatic rings. The molecule has 0 aliphatic carbocycles. The van der Waals surface area contributed by atoms with Gasteiger partial charge in [-0.1, -0.05) is 18.2 Å². The van der Waals surface area contributed by atoms with E-state index in [1.165, 1.54) is 0 Å². The van der Waals surface area contributed by atoms with E-state index in [1.807, 2.05) is 51.1 Å². The number of nitrogens with one attached hydrogen (secondary N) is 2. The summed E-state index contributed by atoms with van der Waals surface area (Å²) in [7, 11) is 0. The van der Waals surface area contributed by atoms with Gasteiger partial charge in [-0.25, -0.2) is 4.98 Å². The van der Waals surface area contributed by atoms with Crippen molar-refractivity contribution in [3.8, 4) is 11.5 Å². The van der Waals surface area contributed by atoms with Crippen molar-refractivity contribution >= 4 is 11.8 Å². The second-order valence-corrected chi connectivity index (χ2v) is 6.64. The summed E-state index contributed by atoms with van der Waals surface area (Å²) in [4.78, 5) is 28.1. The highest BCUT2D eigenvalue weighted by atomic mass is 16.4. The Kier molecular flexibility index (Phi) is 5.39. The third-order valence-corrected chi connectivity index (χ3v) is 3.20. The van der Waals surface area contributed by atoms with E-state index in [0.717, 1.165) is 5.56 Å². The smallest absolute Gasteiger partial charge is 0.239 e. The number of amides is 2. The van der Waals surface area contributed by atoms with Gasteiger partial charge in [0.15, 0.2) is 0 Å². The van der Waals surface area contributed by atoms with Crippen molar-refractivity contribution in [2.45, 2.75) is 39.7 Å². The third-order valence-electron chi connectivity index (χ3n) is 3.20. The highest BCUT2D eigenvalue weighted by Crippen LogP contribution is 2.21. The van der Waals surface area contributed by atoms with E-state index in [4.69, 9.17) is 4.42 Å². The monoisotopic (exact) mass is 329 g/mol. The molecule has 6 heteroatoms. The molecule has 6 nitrogen and oxygen atoms in total. The maximum atomic E-state index is 12.0. The van der Waals surface area contributed by atoms with Gasteiger partial charge in [0.2, 0.25) is 17.7 Å². The molecule has 0 atom stereocenters. The first-order chi connectivity index (χ1) is 11.2. The number of carbonyl (C=O) groups excluding carboxylic acids is 2. The Morgan fingerprint density at radius 3 is 2.42 bits per heavy atom. The zero-order valence-corrected chi connectivity index (χ0v) is 14.5. The summed E-state index contributed by atoms with van der Waals surface area (Å²) in [6, 6.07) is 9.50. The highest BCUT2D eigenvalue weighted by Gasteiger charge is 2.17. The first-order valence-corrected chi connectivity index (χ1v) is 7.84. The van der Waals surface area contributed by atoms with E-state index in [9.17, 15) is 9.59 Å². The molecule has 24 heavy (non-hydrogen) atoms. The number of nitrogens with zero attached hydrogens (tertiary/aromatic N) is 1. The van der Waals surface area contributed by atoms with Gasteiger partial charge in [0.05, 0.1) is 18.7 Å². The maximum absolute atomic E-state index is 12.0. The number of rotatable bonds is 5. The van der Waals surface area contributed by atoms with Gasteiger partial charge in [0, 0.05) is 11.1 Å². The van der Waals surface area contributed by atoms with Gasteiger partial charge in [-0.2, -0.15) is 0 Å². The average Bonchev–Trinajstić information content (AvgIpc) is 2.85. The summed E-state index contributed by atoms with van der Waals surface area (Å²) in [6.45, 7) is 7.37. The molecular formula is C18H23N3O3. The lowest BCUT2D eigenvalue weighted by Crippen LogP contribution is -2.46. The normalized spacial score (nSPS) is 11.2. The zero-order chi connectivity index (χ0) is 17.7. The molecule has 0 spiro atoms. The van der Waals surface area contributed by atoms with Crippen molar-refractivity contribution < 1.29 is 14.0 Å². The summed E-state index contributed by atoms with van der Waals surface area (Å²) in [5.74, 6) is 0.595. The van der Waals surface area contributed by atoms with E-state index in [1.54, 1.807) is 6.92 Å². The number of benzene rings is 1. The molecule has 2 rings (SSSR count). The van der Waals surface area contributed by atoms with Gasteiger partial charge in [-0.05, 0) is 39.8 Å². The Balaban J connectivity index is 1.93. The van der Waals surface area contributed by atoms with Crippen LogP contribution in [0.2, 0.25) is 0 Å². The van der Waals surface area contributed by atoms with Crippen LogP contribution in [-0.2, 0) is 16.0 Å². The van der Waals surface area contributed by atoms with Crippen molar-refractivity contribution in [2.75, 3.05) is 6.54 Å². The summed E-state index contributed by atoms with van der Waals surface area (Å²) in [5.41, 5.74) is 1.11. The number of aromatic nitrogens is 1. The molecule has 2 amide bonds.